The Balaban J connectivity index is 2.01. The fraction of sp³-hybridized carbons (Fsp3) is 0.280. The molecule has 3 rings (SSSR count). The van der Waals surface area contributed by atoms with Gasteiger partial charge in [0.25, 0.3) is 0 Å². The van der Waals surface area contributed by atoms with E-state index >= 15 is 0 Å². The molecule has 146 valence electrons. The van der Waals surface area contributed by atoms with Crippen LogP contribution in [0.25, 0.3) is 0 Å². The van der Waals surface area contributed by atoms with Gasteiger partial charge in [-0.25, -0.2) is 0 Å². The Kier molecular flexibility index (Phi) is 7.24. The summed E-state index contributed by atoms with van der Waals surface area (Å²) >= 11 is 0. The van der Waals surface area contributed by atoms with Gasteiger partial charge >= 0.3 is 0 Å². The average Bonchev–Trinajstić information content (AvgIpc) is 2.73. The van der Waals surface area contributed by atoms with Crippen molar-refractivity contribution in [2.24, 2.45) is 0 Å². The molecule has 0 fully saturated rings. The quantitative estimate of drug-likeness (QED) is 0.566. The molecule has 2 atom stereocenters. The molecule has 28 heavy (non-hydrogen) atoms. The molecule has 1 N–H and O–H groups in total. The largest absolute Gasteiger partial charge is 0.494 e. The minimum Gasteiger partial charge on any atom is -0.494 e. The maximum absolute atomic E-state index is 5.96. The number of benzene rings is 3. The van der Waals surface area contributed by atoms with E-state index in [0.29, 0.717) is 6.61 Å². The van der Waals surface area contributed by atoms with Gasteiger partial charge < -0.3 is 9.64 Å². The maximum Gasteiger partial charge on any atom is 0.124 e. The maximum atomic E-state index is 5.96. The summed E-state index contributed by atoms with van der Waals surface area (Å²) in [5.41, 5.74) is 3.68. The summed E-state index contributed by atoms with van der Waals surface area (Å²) < 4.78 is 5.96. The fourth-order valence-corrected chi connectivity index (χ4v) is 3.52. The predicted octanol–water partition coefficient (Wildman–Crippen LogP) is 5.07. The van der Waals surface area contributed by atoms with Crippen LogP contribution >= 0.6 is 0 Å². The number of para-hydroxylation sites is 1. The van der Waals surface area contributed by atoms with Crippen molar-refractivity contribution in [1.29, 1.82) is 0 Å². The minimum absolute atomic E-state index is 0.0362. The summed E-state index contributed by atoms with van der Waals surface area (Å²) in [6.45, 7) is 3.59. The molecule has 0 spiro atoms. The van der Waals surface area contributed by atoms with Gasteiger partial charge in [-0.05, 0) is 38.2 Å². The summed E-state index contributed by atoms with van der Waals surface area (Å²) in [5, 5.41) is 3.91. The van der Waals surface area contributed by atoms with E-state index in [0.717, 1.165) is 17.9 Å². The number of nitrogens with one attached hydrogen (secondary N) is 1. The Hall–Kier alpha value is -2.62. The van der Waals surface area contributed by atoms with Crippen LogP contribution in [0.5, 0.6) is 5.75 Å². The summed E-state index contributed by atoms with van der Waals surface area (Å²) in [6, 6.07) is 29.8. The molecule has 0 heterocycles. The number of nitrogens with zero attached hydrogens (tertiary/aromatic N) is 1. The van der Waals surface area contributed by atoms with E-state index < -0.39 is 0 Å². The van der Waals surface area contributed by atoms with Crippen LogP contribution < -0.4 is 10.1 Å². The van der Waals surface area contributed by atoms with Gasteiger partial charge in [-0.2, -0.15) is 0 Å². The Morgan fingerprint density at radius 1 is 0.786 bits per heavy atom. The number of likely N-dealkylation sites (N-methyl/N-ethyl adjacent to an activating group) is 1. The van der Waals surface area contributed by atoms with Gasteiger partial charge in [0.15, 0.2) is 0 Å². The normalized spacial score (nSPS) is 13.3. The smallest absolute Gasteiger partial charge is 0.124 e. The second-order valence-electron chi connectivity index (χ2n) is 7.21. The average molecular weight is 375 g/mol. The molecule has 0 aliphatic carbocycles. The highest BCUT2D eigenvalue weighted by atomic mass is 16.5. The van der Waals surface area contributed by atoms with Gasteiger partial charge in [0.05, 0.1) is 12.6 Å². The lowest BCUT2D eigenvalue weighted by atomic mass is 9.95. The molecule has 3 heteroatoms. The van der Waals surface area contributed by atoms with Crippen LogP contribution in [0.15, 0.2) is 84.9 Å². The van der Waals surface area contributed by atoms with Crippen molar-refractivity contribution in [3.8, 4) is 5.75 Å². The van der Waals surface area contributed by atoms with Crippen molar-refractivity contribution in [1.82, 2.24) is 10.2 Å². The van der Waals surface area contributed by atoms with Crippen LogP contribution in [-0.2, 0) is 0 Å². The van der Waals surface area contributed by atoms with Gasteiger partial charge in [0.2, 0.25) is 0 Å². The zero-order valence-corrected chi connectivity index (χ0v) is 17.0. The minimum atomic E-state index is 0.0362. The summed E-state index contributed by atoms with van der Waals surface area (Å²) in [4.78, 5) is 2.22. The third-order valence-corrected chi connectivity index (χ3v) is 4.78. The molecular formula is C25H30N2O. The number of hydrogen-bond donors (Lipinski definition) is 1. The van der Waals surface area contributed by atoms with E-state index in [2.05, 4.69) is 103 Å². The molecule has 0 aliphatic rings. The van der Waals surface area contributed by atoms with E-state index in [1.807, 2.05) is 13.0 Å². The van der Waals surface area contributed by atoms with Crippen LogP contribution in [0.1, 0.15) is 35.7 Å². The Morgan fingerprint density at radius 3 is 1.96 bits per heavy atom. The monoisotopic (exact) mass is 374 g/mol. The molecular weight excluding hydrogens is 344 g/mol. The van der Waals surface area contributed by atoms with Crippen LogP contribution in [0, 0.1) is 0 Å². The number of rotatable bonds is 9. The zero-order chi connectivity index (χ0) is 19.8. The van der Waals surface area contributed by atoms with E-state index in [4.69, 9.17) is 4.74 Å². The molecule has 3 nitrogen and oxygen atoms in total. The molecule has 3 aromatic carbocycles. The zero-order valence-electron chi connectivity index (χ0n) is 17.0. The summed E-state index contributed by atoms with van der Waals surface area (Å²) in [6.07, 6.45) is 0. The Morgan fingerprint density at radius 2 is 1.36 bits per heavy atom. The third kappa shape index (κ3) is 5.22. The van der Waals surface area contributed by atoms with Gasteiger partial charge in [0, 0.05) is 18.2 Å². The topological polar surface area (TPSA) is 24.5 Å². The molecule has 0 saturated carbocycles. The third-order valence-electron chi connectivity index (χ3n) is 4.78. The van der Waals surface area contributed by atoms with Gasteiger partial charge in [-0.1, -0.05) is 78.9 Å². The first kappa shape index (κ1) is 20.1. The standard InChI is InChI=1S/C25H30N2O/c1-4-28-24-18-12-11-17-22(24)25(21-15-9-6-10-16-21)26-23(19-27(2)3)20-13-7-5-8-14-20/h5-18,23,25-26H,4,19H2,1-3H3. The van der Waals surface area contributed by atoms with Crippen molar-refractivity contribution in [2.75, 3.05) is 27.2 Å². The van der Waals surface area contributed by atoms with E-state index in [1.54, 1.807) is 0 Å². The van der Waals surface area contributed by atoms with Gasteiger partial charge in [-0.3, -0.25) is 5.32 Å². The van der Waals surface area contributed by atoms with Gasteiger partial charge in [-0.15, -0.1) is 0 Å². The number of hydrogen-bond acceptors (Lipinski definition) is 3. The second-order valence-corrected chi connectivity index (χ2v) is 7.21. The first-order valence-electron chi connectivity index (χ1n) is 9.91. The van der Waals surface area contributed by atoms with E-state index in [9.17, 15) is 0 Å². The Labute approximate surface area is 169 Å². The summed E-state index contributed by atoms with van der Waals surface area (Å²) in [5.74, 6) is 0.933. The molecule has 0 aliphatic heterocycles. The molecule has 2 unspecified atom stereocenters. The van der Waals surface area contributed by atoms with Crippen LogP contribution in [0.3, 0.4) is 0 Å². The van der Waals surface area contributed by atoms with E-state index in [1.165, 1.54) is 11.1 Å². The fourth-order valence-electron chi connectivity index (χ4n) is 3.52. The highest BCUT2D eigenvalue weighted by molar-refractivity contribution is 5.42. The van der Waals surface area contributed by atoms with Gasteiger partial charge in [0.1, 0.15) is 5.75 Å². The molecule has 0 radical (unpaired) electrons. The van der Waals surface area contributed by atoms with Crippen molar-refractivity contribution in [2.45, 2.75) is 19.0 Å². The first-order valence-corrected chi connectivity index (χ1v) is 9.91. The summed E-state index contributed by atoms with van der Waals surface area (Å²) in [7, 11) is 4.23. The second kappa shape index (κ2) is 10.1. The van der Waals surface area contributed by atoms with Crippen molar-refractivity contribution in [3.63, 3.8) is 0 Å². The Bertz CT molecular complexity index is 833. The van der Waals surface area contributed by atoms with Crippen molar-refractivity contribution < 1.29 is 4.74 Å². The number of ether oxygens (including phenoxy) is 1. The lowest BCUT2D eigenvalue weighted by molar-refractivity contribution is 0.316. The van der Waals surface area contributed by atoms with Crippen LogP contribution in [0.4, 0.5) is 0 Å². The predicted molar refractivity (Wildman–Crippen MR) is 117 cm³/mol. The lowest BCUT2D eigenvalue weighted by Gasteiger charge is -2.30. The highest BCUT2D eigenvalue weighted by Gasteiger charge is 2.23. The van der Waals surface area contributed by atoms with E-state index in [-0.39, 0.29) is 12.1 Å². The molecule has 0 amide bonds. The molecule has 3 aromatic rings. The van der Waals surface area contributed by atoms with Crippen molar-refractivity contribution >= 4 is 0 Å². The van der Waals surface area contributed by atoms with Crippen molar-refractivity contribution in [3.05, 3.63) is 102 Å². The molecule has 0 bridgehead atoms. The molecule has 0 aromatic heterocycles. The lowest BCUT2D eigenvalue weighted by Crippen LogP contribution is -2.34. The van der Waals surface area contributed by atoms with Crippen LogP contribution in [-0.4, -0.2) is 32.1 Å². The highest BCUT2D eigenvalue weighted by Crippen LogP contribution is 2.32. The van der Waals surface area contributed by atoms with Crippen LogP contribution in [0.2, 0.25) is 0 Å². The first-order chi connectivity index (χ1) is 13.7. The SMILES string of the molecule is CCOc1ccccc1C(NC(CN(C)C)c1ccccc1)c1ccccc1. The molecule has 0 saturated heterocycles.